The van der Waals surface area contributed by atoms with Gasteiger partial charge in [-0.3, -0.25) is 4.79 Å². The van der Waals surface area contributed by atoms with Crippen molar-refractivity contribution in [3.63, 3.8) is 0 Å². The lowest BCUT2D eigenvalue weighted by atomic mass is 9.92. The van der Waals surface area contributed by atoms with Gasteiger partial charge in [0.15, 0.2) is 0 Å². The summed E-state index contributed by atoms with van der Waals surface area (Å²) in [6.07, 6.45) is 2.21. The quantitative estimate of drug-likeness (QED) is 0.547. The summed E-state index contributed by atoms with van der Waals surface area (Å²) in [6.45, 7) is 4.33. The Morgan fingerprint density at radius 3 is 1.90 bits per heavy atom. The fourth-order valence-corrected chi connectivity index (χ4v) is 3.27. The Morgan fingerprint density at radius 1 is 0.862 bits per heavy atom. The van der Waals surface area contributed by atoms with E-state index in [0.717, 1.165) is 22.3 Å². The molecular formula is C26H27NO2. The summed E-state index contributed by atoms with van der Waals surface area (Å²) in [5.41, 5.74) is 12.4. The number of aliphatic carboxylic acids is 1. The van der Waals surface area contributed by atoms with Gasteiger partial charge in [0.25, 0.3) is 0 Å². The van der Waals surface area contributed by atoms with E-state index in [2.05, 4.69) is 74.5 Å². The van der Waals surface area contributed by atoms with Gasteiger partial charge in [-0.2, -0.15) is 0 Å². The first-order valence-corrected chi connectivity index (χ1v) is 9.90. The summed E-state index contributed by atoms with van der Waals surface area (Å²) in [5.74, 6) is -0.530. The average Bonchev–Trinajstić information content (AvgIpc) is 2.75. The van der Waals surface area contributed by atoms with Crippen LogP contribution >= 0.6 is 0 Å². The predicted molar refractivity (Wildman–Crippen MR) is 120 cm³/mol. The first-order chi connectivity index (χ1) is 14.0. The van der Waals surface area contributed by atoms with Crippen molar-refractivity contribution in [2.24, 2.45) is 5.73 Å². The number of carboxylic acid groups (broad SMARTS) is 1. The van der Waals surface area contributed by atoms with Crippen molar-refractivity contribution < 1.29 is 9.90 Å². The number of hydrogen-bond acceptors (Lipinski definition) is 2. The summed E-state index contributed by atoms with van der Waals surface area (Å²) in [7, 11) is 0. The molecule has 0 bridgehead atoms. The topological polar surface area (TPSA) is 63.3 Å². The maximum atomic E-state index is 11.2. The summed E-state index contributed by atoms with van der Waals surface area (Å²) < 4.78 is 0. The summed E-state index contributed by atoms with van der Waals surface area (Å²) in [4.78, 5) is 11.2. The lowest BCUT2D eigenvalue weighted by Crippen LogP contribution is -2.29. The van der Waals surface area contributed by atoms with Crippen LogP contribution in [0, 0.1) is 0 Å². The highest BCUT2D eigenvalue weighted by Crippen LogP contribution is 2.28. The second-order valence-corrected chi connectivity index (χ2v) is 7.52. The normalized spacial score (nSPS) is 12.8. The molecule has 0 radical (unpaired) electrons. The van der Waals surface area contributed by atoms with Crippen LogP contribution < -0.4 is 5.73 Å². The van der Waals surface area contributed by atoms with Crippen molar-refractivity contribution in [2.75, 3.05) is 0 Å². The molecule has 1 unspecified atom stereocenters. The van der Waals surface area contributed by atoms with Crippen LogP contribution in [0.15, 0.2) is 84.9 Å². The van der Waals surface area contributed by atoms with Crippen molar-refractivity contribution in [2.45, 2.75) is 32.2 Å². The van der Waals surface area contributed by atoms with Gasteiger partial charge in [0.2, 0.25) is 0 Å². The van der Waals surface area contributed by atoms with Gasteiger partial charge in [0.1, 0.15) is 6.04 Å². The van der Waals surface area contributed by atoms with E-state index in [4.69, 9.17) is 10.8 Å². The van der Waals surface area contributed by atoms with Crippen LogP contribution in [-0.4, -0.2) is 17.1 Å². The minimum Gasteiger partial charge on any atom is -0.480 e. The van der Waals surface area contributed by atoms with Crippen molar-refractivity contribution >= 4 is 11.5 Å². The predicted octanol–water partition coefficient (Wildman–Crippen LogP) is 5.71. The number of carboxylic acids is 1. The molecule has 1 atom stereocenters. The largest absolute Gasteiger partial charge is 0.480 e. The highest BCUT2D eigenvalue weighted by atomic mass is 16.4. The van der Waals surface area contributed by atoms with Crippen molar-refractivity contribution in [3.05, 3.63) is 102 Å². The first kappa shape index (κ1) is 20.6. The highest BCUT2D eigenvalue weighted by Gasteiger charge is 2.12. The molecule has 3 heteroatoms. The Bertz CT molecular complexity index is 971. The van der Waals surface area contributed by atoms with Crippen molar-refractivity contribution in [3.8, 4) is 11.1 Å². The van der Waals surface area contributed by atoms with E-state index in [-0.39, 0.29) is 6.42 Å². The van der Waals surface area contributed by atoms with E-state index in [0.29, 0.717) is 5.92 Å². The molecule has 0 spiro atoms. The number of nitrogens with two attached hydrogens (primary N) is 1. The molecule has 0 saturated heterocycles. The van der Waals surface area contributed by atoms with Crippen LogP contribution in [0.4, 0.5) is 0 Å². The highest BCUT2D eigenvalue weighted by molar-refractivity contribution is 5.82. The fourth-order valence-electron chi connectivity index (χ4n) is 3.27. The lowest BCUT2D eigenvalue weighted by molar-refractivity contribution is -0.138. The van der Waals surface area contributed by atoms with Gasteiger partial charge in [-0.05, 0) is 45.7 Å². The SMILES string of the molecule is CC(C)c1ccc(C(=CCC(N)C(=O)O)c2ccc(-c3ccccc3)cc2)cc1. The minimum absolute atomic E-state index is 0.275. The molecule has 148 valence electrons. The van der Waals surface area contributed by atoms with Crippen molar-refractivity contribution in [1.82, 2.24) is 0 Å². The summed E-state index contributed by atoms with van der Waals surface area (Å²) >= 11 is 0. The Labute approximate surface area is 172 Å². The van der Waals surface area contributed by atoms with E-state index in [9.17, 15) is 4.79 Å². The Morgan fingerprint density at radius 2 is 1.38 bits per heavy atom. The van der Waals surface area contributed by atoms with Gasteiger partial charge in [0, 0.05) is 0 Å². The van der Waals surface area contributed by atoms with Crippen LogP contribution in [0.3, 0.4) is 0 Å². The van der Waals surface area contributed by atoms with E-state index in [1.54, 1.807) is 0 Å². The molecule has 3 nitrogen and oxygen atoms in total. The molecule has 3 aromatic carbocycles. The van der Waals surface area contributed by atoms with Gasteiger partial charge >= 0.3 is 5.97 Å². The molecule has 3 aromatic rings. The van der Waals surface area contributed by atoms with Crippen LogP contribution in [0.5, 0.6) is 0 Å². The van der Waals surface area contributed by atoms with Gasteiger partial charge in [-0.25, -0.2) is 0 Å². The average molecular weight is 386 g/mol. The third kappa shape index (κ3) is 5.21. The van der Waals surface area contributed by atoms with E-state index < -0.39 is 12.0 Å². The molecule has 0 saturated carbocycles. The molecule has 0 aliphatic carbocycles. The number of hydrogen-bond donors (Lipinski definition) is 2. The fraction of sp³-hybridized carbons (Fsp3) is 0.192. The summed E-state index contributed by atoms with van der Waals surface area (Å²) in [6, 6.07) is 26.1. The zero-order chi connectivity index (χ0) is 20.8. The molecule has 0 fully saturated rings. The van der Waals surface area contributed by atoms with Crippen LogP contribution in [0.25, 0.3) is 16.7 Å². The van der Waals surface area contributed by atoms with E-state index >= 15 is 0 Å². The van der Waals surface area contributed by atoms with Crippen LogP contribution in [-0.2, 0) is 4.79 Å². The third-order valence-electron chi connectivity index (χ3n) is 5.08. The second-order valence-electron chi connectivity index (χ2n) is 7.52. The van der Waals surface area contributed by atoms with Gasteiger partial charge in [0.05, 0.1) is 0 Å². The third-order valence-corrected chi connectivity index (χ3v) is 5.08. The van der Waals surface area contributed by atoms with E-state index in [1.807, 2.05) is 24.3 Å². The molecule has 0 aliphatic rings. The first-order valence-electron chi connectivity index (χ1n) is 9.90. The van der Waals surface area contributed by atoms with E-state index in [1.165, 1.54) is 11.1 Å². The number of benzene rings is 3. The van der Waals surface area contributed by atoms with Crippen LogP contribution in [0.1, 0.15) is 42.9 Å². The zero-order valence-corrected chi connectivity index (χ0v) is 16.9. The molecule has 3 N–H and O–H groups in total. The standard InChI is InChI=1S/C26H27NO2/c1-18(2)19-8-12-22(13-9-19)24(16-17-25(27)26(28)29)23-14-10-21(11-15-23)20-6-4-3-5-7-20/h3-16,18,25H,17,27H2,1-2H3,(H,28,29). The zero-order valence-electron chi connectivity index (χ0n) is 16.9. The minimum atomic E-state index is -0.991. The maximum absolute atomic E-state index is 11.2. The van der Waals surface area contributed by atoms with Gasteiger partial charge in [-0.15, -0.1) is 0 Å². The van der Waals surface area contributed by atoms with Gasteiger partial charge < -0.3 is 10.8 Å². The monoisotopic (exact) mass is 385 g/mol. The van der Waals surface area contributed by atoms with Gasteiger partial charge in [-0.1, -0.05) is 98.8 Å². The molecule has 3 rings (SSSR count). The molecule has 0 aromatic heterocycles. The van der Waals surface area contributed by atoms with Crippen molar-refractivity contribution in [1.29, 1.82) is 0 Å². The number of rotatable bonds is 7. The lowest BCUT2D eigenvalue weighted by Gasteiger charge is -2.13. The second kappa shape index (κ2) is 9.35. The Hall–Kier alpha value is -3.17. The molecular weight excluding hydrogens is 358 g/mol. The molecule has 29 heavy (non-hydrogen) atoms. The maximum Gasteiger partial charge on any atom is 0.320 e. The summed E-state index contributed by atoms with van der Waals surface area (Å²) in [5, 5.41) is 9.14. The molecule has 0 amide bonds. The number of carbonyl (C=O) groups is 1. The molecule has 0 heterocycles. The van der Waals surface area contributed by atoms with Crippen LogP contribution in [0.2, 0.25) is 0 Å². The Kier molecular flexibility index (Phi) is 6.63. The smallest absolute Gasteiger partial charge is 0.320 e. The molecule has 0 aliphatic heterocycles. The Balaban J connectivity index is 1.96.